The SMILES string of the molecule is OCC1O[C@@H](n2cnc3c(NCc4ccccc4)nccc32)C[C@@H]1O. The summed E-state index contributed by atoms with van der Waals surface area (Å²) in [6.07, 6.45) is 2.26. The van der Waals surface area contributed by atoms with Crippen LogP contribution in [-0.4, -0.2) is 43.6 Å². The molecule has 0 amide bonds. The largest absolute Gasteiger partial charge is 0.394 e. The molecule has 3 aromatic rings. The third-order valence-corrected chi connectivity index (χ3v) is 4.49. The molecule has 0 saturated carbocycles. The number of imidazole rings is 1. The van der Waals surface area contributed by atoms with Gasteiger partial charge >= 0.3 is 0 Å². The molecule has 1 unspecified atom stereocenters. The van der Waals surface area contributed by atoms with E-state index in [9.17, 15) is 10.2 Å². The Morgan fingerprint density at radius 2 is 2.04 bits per heavy atom. The molecule has 1 saturated heterocycles. The van der Waals surface area contributed by atoms with E-state index < -0.39 is 12.2 Å². The molecule has 3 heterocycles. The van der Waals surface area contributed by atoms with E-state index in [4.69, 9.17) is 4.74 Å². The average molecular weight is 340 g/mol. The number of nitrogens with zero attached hydrogens (tertiary/aromatic N) is 3. The van der Waals surface area contributed by atoms with Gasteiger partial charge in [-0.1, -0.05) is 30.3 Å². The van der Waals surface area contributed by atoms with E-state index in [0.717, 1.165) is 16.6 Å². The zero-order chi connectivity index (χ0) is 17.2. The molecule has 1 fully saturated rings. The highest BCUT2D eigenvalue weighted by Crippen LogP contribution is 2.32. The van der Waals surface area contributed by atoms with Crippen LogP contribution in [0.15, 0.2) is 48.9 Å². The Labute approximate surface area is 144 Å². The summed E-state index contributed by atoms with van der Waals surface area (Å²) < 4.78 is 7.61. The Kier molecular flexibility index (Phi) is 4.35. The number of aromatic nitrogens is 3. The molecular formula is C18H20N4O3. The summed E-state index contributed by atoms with van der Waals surface area (Å²) in [5, 5.41) is 22.5. The van der Waals surface area contributed by atoms with Crippen LogP contribution in [-0.2, 0) is 11.3 Å². The third kappa shape index (κ3) is 3.09. The van der Waals surface area contributed by atoms with Crippen LogP contribution in [0.25, 0.3) is 11.0 Å². The van der Waals surface area contributed by atoms with Gasteiger partial charge in [-0.25, -0.2) is 9.97 Å². The van der Waals surface area contributed by atoms with Crippen LogP contribution in [0.4, 0.5) is 5.82 Å². The molecule has 7 heteroatoms. The zero-order valence-electron chi connectivity index (χ0n) is 13.6. The smallest absolute Gasteiger partial charge is 0.154 e. The number of benzene rings is 1. The van der Waals surface area contributed by atoms with Crippen molar-refractivity contribution in [2.45, 2.75) is 31.4 Å². The number of nitrogens with one attached hydrogen (secondary N) is 1. The Hall–Kier alpha value is -2.48. The van der Waals surface area contributed by atoms with Gasteiger partial charge in [0.25, 0.3) is 0 Å². The van der Waals surface area contributed by atoms with Gasteiger partial charge in [0.1, 0.15) is 17.8 Å². The fourth-order valence-electron chi connectivity index (χ4n) is 3.15. The van der Waals surface area contributed by atoms with Gasteiger partial charge in [-0.2, -0.15) is 0 Å². The molecule has 130 valence electrons. The van der Waals surface area contributed by atoms with E-state index in [1.165, 1.54) is 0 Å². The van der Waals surface area contributed by atoms with Gasteiger partial charge in [0.15, 0.2) is 5.82 Å². The molecule has 0 radical (unpaired) electrons. The number of anilines is 1. The predicted molar refractivity (Wildman–Crippen MR) is 92.9 cm³/mol. The third-order valence-electron chi connectivity index (χ3n) is 4.49. The van der Waals surface area contributed by atoms with Gasteiger partial charge < -0.3 is 24.8 Å². The second-order valence-corrected chi connectivity index (χ2v) is 6.13. The van der Waals surface area contributed by atoms with Crippen molar-refractivity contribution in [3.63, 3.8) is 0 Å². The fraction of sp³-hybridized carbons (Fsp3) is 0.333. The van der Waals surface area contributed by atoms with Crippen LogP contribution < -0.4 is 5.32 Å². The lowest BCUT2D eigenvalue weighted by atomic mass is 10.2. The highest BCUT2D eigenvalue weighted by Gasteiger charge is 2.35. The summed E-state index contributed by atoms with van der Waals surface area (Å²) in [4.78, 5) is 8.86. The monoisotopic (exact) mass is 340 g/mol. The van der Waals surface area contributed by atoms with Gasteiger partial charge in [-0.3, -0.25) is 0 Å². The van der Waals surface area contributed by atoms with Crippen LogP contribution in [0.2, 0.25) is 0 Å². The normalized spacial score (nSPS) is 23.2. The van der Waals surface area contributed by atoms with Gasteiger partial charge in [0.05, 0.1) is 24.6 Å². The van der Waals surface area contributed by atoms with Crippen LogP contribution in [0, 0.1) is 0 Å². The van der Waals surface area contributed by atoms with Gasteiger partial charge in [-0.15, -0.1) is 0 Å². The number of hydrogen-bond donors (Lipinski definition) is 3. The quantitative estimate of drug-likeness (QED) is 0.654. The fourth-order valence-corrected chi connectivity index (χ4v) is 3.15. The van der Waals surface area contributed by atoms with Crippen molar-refractivity contribution >= 4 is 16.9 Å². The number of fused-ring (bicyclic) bond motifs is 1. The standard InChI is InChI=1S/C18H20N4O3/c23-10-15-14(24)8-16(25-15)22-11-21-17-13(22)6-7-19-18(17)20-9-12-4-2-1-3-5-12/h1-7,11,14-16,23-24H,8-10H2,(H,19,20)/t14-,15?,16+/m0/s1. The first-order valence-electron chi connectivity index (χ1n) is 8.30. The Bertz CT molecular complexity index is 852. The van der Waals surface area contributed by atoms with Crippen molar-refractivity contribution in [2.75, 3.05) is 11.9 Å². The Morgan fingerprint density at radius 1 is 1.20 bits per heavy atom. The molecular weight excluding hydrogens is 320 g/mol. The van der Waals surface area contributed by atoms with Crippen molar-refractivity contribution in [1.29, 1.82) is 0 Å². The number of aliphatic hydroxyl groups is 2. The predicted octanol–water partition coefficient (Wildman–Crippen LogP) is 1.68. The van der Waals surface area contributed by atoms with Gasteiger partial charge in [0.2, 0.25) is 0 Å². The first-order valence-corrected chi connectivity index (χ1v) is 8.30. The molecule has 3 atom stereocenters. The molecule has 2 aromatic heterocycles. The van der Waals surface area contributed by atoms with Gasteiger partial charge in [0, 0.05) is 19.2 Å². The van der Waals surface area contributed by atoms with E-state index in [1.807, 2.05) is 28.8 Å². The summed E-state index contributed by atoms with van der Waals surface area (Å²) in [7, 11) is 0. The summed E-state index contributed by atoms with van der Waals surface area (Å²) >= 11 is 0. The molecule has 7 nitrogen and oxygen atoms in total. The topological polar surface area (TPSA) is 92.4 Å². The minimum absolute atomic E-state index is 0.199. The number of hydrogen-bond acceptors (Lipinski definition) is 6. The highest BCUT2D eigenvalue weighted by molar-refractivity contribution is 5.85. The minimum Gasteiger partial charge on any atom is -0.394 e. The average Bonchev–Trinajstić information content (AvgIpc) is 3.24. The van der Waals surface area contributed by atoms with Crippen molar-refractivity contribution in [2.24, 2.45) is 0 Å². The summed E-state index contributed by atoms with van der Waals surface area (Å²) in [6.45, 7) is 0.459. The lowest BCUT2D eigenvalue weighted by molar-refractivity contribution is -0.0430. The molecule has 1 aliphatic rings. The van der Waals surface area contributed by atoms with Crippen molar-refractivity contribution in [3.8, 4) is 0 Å². The molecule has 4 rings (SSSR count). The number of aliphatic hydroxyl groups excluding tert-OH is 2. The van der Waals surface area contributed by atoms with Crippen molar-refractivity contribution in [1.82, 2.24) is 14.5 Å². The van der Waals surface area contributed by atoms with E-state index in [0.29, 0.717) is 18.8 Å². The van der Waals surface area contributed by atoms with Crippen LogP contribution in [0.1, 0.15) is 18.2 Å². The summed E-state index contributed by atoms with van der Waals surface area (Å²) in [5.41, 5.74) is 2.79. The summed E-state index contributed by atoms with van der Waals surface area (Å²) in [5.74, 6) is 0.706. The van der Waals surface area contributed by atoms with E-state index >= 15 is 0 Å². The van der Waals surface area contributed by atoms with Crippen LogP contribution in [0.5, 0.6) is 0 Å². The lowest BCUT2D eigenvalue weighted by Gasteiger charge is -2.14. The number of ether oxygens (including phenoxy) is 1. The van der Waals surface area contributed by atoms with Crippen LogP contribution >= 0.6 is 0 Å². The Balaban J connectivity index is 1.58. The highest BCUT2D eigenvalue weighted by atomic mass is 16.5. The maximum atomic E-state index is 9.95. The first-order chi connectivity index (χ1) is 12.3. The Morgan fingerprint density at radius 3 is 2.80 bits per heavy atom. The molecule has 0 aliphatic carbocycles. The number of rotatable bonds is 5. The molecule has 25 heavy (non-hydrogen) atoms. The van der Waals surface area contributed by atoms with Crippen molar-refractivity contribution < 1.29 is 14.9 Å². The van der Waals surface area contributed by atoms with Gasteiger partial charge in [-0.05, 0) is 11.6 Å². The molecule has 0 spiro atoms. The lowest BCUT2D eigenvalue weighted by Crippen LogP contribution is -2.24. The zero-order valence-corrected chi connectivity index (χ0v) is 13.6. The molecule has 3 N–H and O–H groups in total. The molecule has 1 aliphatic heterocycles. The minimum atomic E-state index is -0.676. The maximum Gasteiger partial charge on any atom is 0.154 e. The first kappa shape index (κ1) is 16.0. The molecule has 0 bridgehead atoms. The molecule has 1 aromatic carbocycles. The maximum absolute atomic E-state index is 9.95. The van der Waals surface area contributed by atoms with Crippen LogP contribution in [0.3, 0.4) is 0 Å². The second kappa shape index (κ2) is 6.79. The second-order valence-electron chi connectivity index (χ2n) is 6.13. The summed E-state index contributed by atoms with van der Waals surface area (Å²) in [6, 6.07) is 12.0. The van der Waals surface area contributed by atoms with E-state index in [-0.39, 0.29) is 12.8 Å². The number of pyridine rings is 1. The van der Waals surface area contributed by atoms with E-state index in [2.05, 4.69) is 27.4 Å². The van der Waals surface area contributed by atoms with E-state index in [1.54, 1.807) is 12.5 Å². The van der Waals surface area contributed by atoms with Crippen molar-refractivity contribution in [3.05, 3.63) is 54.5 Å².